The molecule has 5 heavy (non-hydrogen) atoms. The van der Waals surface area contributed by atoms with Gasteiger partial charge in [-0.3, -0.25) is 0 Å². The summed E-state index contributed by atoms with van der Waals surface area (Å²) < 4.78 is 0. The number of hydrogen-bond acceptors (Lipinski definition) is 0. The summed E-state index contributed by atoms with van der Waals surface area (Å²) in [6.07, 6.45) is 0. The molecule has 32 valence electrons. The predicted molar refractivity (Wildman–Crippen MR) is 26.3 cm³/mol. The van der Waals surface area contributed by atoms with E-state index >= 15 is 0 Å². The van der Waals surface area contributed by atoms with Gasteiger partial charge >= 0.3 is 38.4 Å². The fourth-order valence-electron chi connectivity index (χ4n) is 0. The first-order valence-corrected chi connectivity index (χ1v) is 10.7. The van der Waals surface area contributed by atoms with Crippen molar-refractivity contribution in [1.82, 2.24) is 0 Å². The van der Waals surface area contributed by atoms with Crippen LogP contribution in [0.15, 0.2) is 0 Å². The SMILES string of the molecule is C[NH3+].[Cl][Pb][Cl]. The van der Waals surface area contributed by atoms with Gasteiger partial charge in [0, 0.05) is 0 Å². The van der Waals surface area contributed by atoms with Gasteiger partial charge in [-0.05, 0) is 0 Å². The third-order valence-electron chi connectivity index (χ3n) is 0. The minimum absolute atomic E-state index is 0.972. The minimum atomic E-state index is -0.972. The van der Waals surface area contributed by atoms with E-state index in [9.17, 15) is 0 Å². The Labute approximate surface area is 51.0 Å². The molecule has 0 saturated heterocycles. The van der Waals surface area contributed by atoms with Gasteiger partial charge in [0.15, 0.2) is 0 Å². The van der Waals surface area contributed by atoms with Crippen LogP contribution < -0.4 is 5.73 Å². The number of halogens is 2. The van der Waals surface area contributed by atoms with Crippen LogP contribution in [0.5, 0.6) is 0 Å². The van der Waals surface area contributed by atoms with E-state index in [0.29, 0.717) is 0 Å². The van der Waals surface area contributed by atoms with Crippen LogP contribution in [-0.4, -0.2) is 28.8 Å². The average molecular weight is 310 g/mol. The first-order valence-electron chi connectivity index (χ1n) is 1.09. The van der Waals surface area contributed by atoms with Crippen molar-refractivity contribution in [1.29, 1.82) is 0 Å². The molecule has 3 N–H and O–H groups in total. The molecule has 0 aliphatic carbocycles. The summed E-state index contributed by atoms with van der Waals surface area (Å²) in [7, 11) is 11.7. The van der Waals surface area contributed by atoms with Gasteiger partial charge in [0.25, 0.3) is 0 Å². The van der Waals surface area contributed by atoms with E-state index in [4.69, 9.17) is 16.6 Å². The molecular formula is CH6Cl2NPb+. The zero-order valence-corrected chi connectivity index (χ0v) is 8.36. The normalized spacial score (nSPS) is 4.80. The summed E-state index contributed by atoms with van der Waals surface area (Å²) >= 11 is -0.972. The van der Waals surface area contributed by atoms with Crippen molar-refractivity contribution in [3.05, 3.63) is 0 Å². The molecule has 0 unspecified atom stereocenters. The molecule has 0 bridgehead atoms. The van der Waals surface area contributed by atoms with Gasteiger partial charge in [0.05, 0.1) is 7.05 Å². The third kappa shape index (κ3) is 30.6. The maximum absolute atomic E-state index is 4.96. The molecule has 0 fully saturated rings. The molecule has 0 aliphatic rings. The van der Waals surface area contributed by atoms with Crippen molar-refractivity contribution in [3.8, 4) is 0 Å². The summed E-state index contributed by atoms with van der Waals surface area (Å²) in [6.45, 7) is 0. The van der Waals surface area contributed by atoms with E-state index in [1.165, 1.54) is 0 Å². The topological polar surface area (TPSA) is 27.6 Å². The van der Waals surface area contributed by atoms with E-state index in [2.05, 4.69) is 5.73 Å². The molecule has 0 aromatic heterocycles. The molecule has 0 heterocycles. The second kappa shape index (κ2) is 17.9. The second-order valence-electron chi connectivity index (χ2n) is 0.0714. The Morgan fingerprint density at radius 2 is 1.40 bits per heavy atom. The molecule has 0 aromatic carbocycles. The number of hydrogen-bond donors (Lipinski definition) is 1. The van der Waals surface area contributed by atoms with E-state index in [-0.39, 0.29) is 0 Å². The summed E-state index contributed by atoms with van der Waals surface area (Å²) in [5.74, 6) is 0. The van der Waals surface area contributed by atoms with Crippen LogP contribution in [0.4, 0.5) is 0 Å². The van der Waals surface area contributed by atoms with Crippen LogP contribution in [0, 0.1) is 0 Å². The van der Waals surface area contributed by atoms with Crippen molar-refractivity contribution in [2.24, 2.45) is 0 Å². The third-order valence-corrected chi connectivity index (χ3v) is 0. The average Bonchev–Trinajstić information content (AvgIpc) is 1.46. The molecule has 2 radical (unpaired) electrons. The summed E-state index contributed by atoms with van der Waals surface area (Å²) in [6, 6.07) is 0. The van der Waals surface area contributed by atoms with E-state index in [1.807, 2.05) is 0 Å². The van der Waals surface area contributed by atoms with Gasteiger partial charge in [-0.15, -0.1) is 0 Å². The molecule has 0 amide bonds. The number of quaternary nitrogens is 1. The Kier molecular flexibility index (Phi) is 34.7. The van der Waals surface area contributed by atoms with Crippen LogP contribution >= 0.6 is 16.6 Å². The van der Waals surface area contributed by atoms with Gasteiger partial charge in [0.2, 0.25) is 0 Å². The van der Waals surface area contributed by atoms with Gasteiger partial charge in [-0.25, -0.2) is 0 Å². The van der Waals surface area contributed by atoms with Crippen LogP contribution in [-0.2, 0) is 0 Å². The Balaban J connectivity index is 0. The Morgan fingerprint density at radius 1 is 1.40 bits per heavy atom. The Morgan fingerprint density at radius 3 is 1.40 bits per heavy atom. The number of rotatable bonds is 0. The quantitative estimate of drug-likeness (QED) is 0.603. The molecular weight excluding hydrogens is 304 g/mol. The van der Waals surface area contributed by atoms with Crippen molar-refractivity contribution >= 4 is 38.4 Å². The van der Waals surface area contributed by atoms with Crippen LogP contribution in [0.2, 0.25) is 0 Å². The molecule has 0 aliphatic heterocycles. The molecule has 0 aromatic rings. The maximum atomic E-state index is 4.96. The molecule has 0 atom stereocenters. The standard InChI is InChI=1S/CH5N.2ClH.Pb/c1-2;;;/h2H2,1H3;2*1H;/q;;;+2/p-1. The fourth-order valence-corrected chi connectivity index (χ4v) is 0. The first-order chi connectivity index (χ1) is 2.41. The first kappa shape index (κ1) is 9.68. The van der Waals surface area contributed by atoms with Crippen LogP contribution in [0.1, 0.15) is 0 Å². The van der Waals surface area contributed by atoms with Gasteiger partial charge in [0.1, 0.15) is 0 Å². The summed E-state index contributed by atoms with van der Waals surface area (Å²) in [5, 5.41) is 0. The zero-order chi connectivity index (χ0) is 4.71. The van der Waals surface area contributed by atoms with Crippen molar-refractivity contribution < 1.29 is 5.73 Å². The Hall–Kier alpha value is 1.46. The molecule has 0 rings (SSSR count). The van der Waals surface area contributed by atoms with E-state index in [0.717, 1.165) is 0 Å². The molecule has 0 saturated carbocycles. The van der Waals surface area contributed by atoms with E-state index < -0.39 is 21.8 Å². The monoisotopic (exact) mass is 310 g/mol. The van der Waals surface area contributed by atoms with Crippen molar-refractivity contribution in [2.75, 3.05) is 7.05 Å². The molecule has 4 heteroatoms. The van der Waals surface area contributed by atoms with Crippen molar-refractivity contribution in [3.63, 3.8) is 0 Å². The Bertz CT molecular complexity index is 9.61. The summed E-state index contributed by atoms with van der Waals surface area (Å²) in [5.41, 5.74) is 3.25. The summed E-state index contributed by atoms with van der Waals surface area (Å²) in [4.78, 5) is 0. The van der Waals surface area contributed by atoms with Gasteiger partial charge < -0.3 is 5.73 Å². The van der Waals surface area contributed by atoms with Crippen LogP contribution in [0.3, 0.4) is 0 Å². The molecule has 1 nitrogen and oxygen atoms in total. The van der Waals surface area contributed by atoms with Crippen molar-refractivity contribution in [2.45, 2.75) is 0 Å². The second-order valence-corrected chi connectivity index (χ2v) is 5.64. The fraction of sp³-hybridized carbons (Fsp3) is 1.00. The predicted octanol–water partition coefficient (Wildman–Crippen LogP) is -0.144. The zero-order valence-electron chi connectivity index (χ0n) is 2.96. The van der Waals surface area contributed by atoms with Gasteiger partial charge in [-0.2, -0.15) is 0 Å². The van der Waals surface area contributed by atoms with E-state index in [1.54, 1.807) is 7.05 Å². The van der Waals surface area contributed by atoms with Gasteiger partial charge in [-0.1, -0.05) is 0 Å². The molecule has 0 spiro atoms. The van der Waals surface area contributed by atoms with Crippen LogP contribution in [0.25, 0.3) is 0 Å².